The molecule has 18 heavy (non-hydrogen) atoms. The molecule has 9 nitrogen and oxygen atoms in total. The summed E-state index contributed by atoms with van der Waals surface area (Å²) in [7, 11) is 0. The van der Waals surface area contributed by atoms with E-state index in [0.29, 0.717) is 0 Å². The van der Waals surface area contributed by atoms with Crippen molar-refractivity contribution in [2.24, 2.45) is 0 Å². The lowest BCUT2D eigenvalue weighted by atomic mass is 10.1. The summed E-state index contributed by atoms with van der Waals surface area (Å²) >= 11 is 0. The van der Waals surface area contributed by atoms with Crippen LogP contribution in [0.5, 0.6) is 5.75 Å². The molecule has 0 fully saturated rings. The number of carbonyl (C=O) groups excluding carboxylic acids is 2. The van der Waals surface area contributed by atoms with Gasteiger partial charge in [0.25, 0.3) is 0 Å². The first-order valence-electron chi connectivity index (χ1n) is 4.34. The largest absolute Gasteiger partial charge is 0.402 e. The Labute approximate surface area is 99.0 Å². The summed E-state index contributed by atoms with van der Waals surface area (Å²) in [5.41, 5.74) is 0.0755. The van der Waals surface area contributed by atoms with E-state index in [9.17, 15) is 9.59 Å². The molecule has 1 heterocycles. The van der Waals surface area contributed by atoms with Crippen LogP contribution in [0.1, 0.15) is 20.7 Å². The summed E-state index contributed by atoms with van der Waals surface area (Å²) in [5, 5.41) is 37.1. The zero-order chi connectivity index (χ0) is 13.9. The molecule has 1 aromatic carbocycles. The quantitative estimate of drug-likeness (QED) is 0.132. The number of carbonyl (C=O) groups is 2. The average Bonchev–Trinajstić information content (AvgIpc) is 2.52. The maximum Gasteiger partial charge on any atom is 0.402 e. The highest BCUT2D eigenvalue weighted by Crippen LogP contribution is 2.28. The van der Waals surface area contributed by atoms with E-state index in [0.717, 1.165) is 0 Å². The predicted octanol–water partition coefficient (Wildman–Crippen LogP) is -1.58. The summed E-state index contributed by atoms with van der Waals surface area (Å²) < 4.78 is 4.31. The van der Waals surface area contributed by atoms with E-state index in [4.69, 9.17) is 25.7 Å². The summed E-state index contributed by atoms with van der Waals surface area (Å²) in [4.78, 5) is 25.9. The van der Waals surface area contributed by atoms with Crippen molar-refractivity contribution in [1.82, 2.24) is 0 Å². The molecule has 5 N–H and O–H groups in total. The van der Waals surface area contributed by atoms with Crippen LogP contribution in [0.2, 0.25) is 0 Å². The van der Waals surface area contributed by atoms with E-state index in [-0.39, 0.29) is 16.9 Å². The molecule has 0 saturated carbocycles. The first-order chi connectivity index (χ1) is 8.24. The molecule has 0 saturated heterocycles. The van der Waals surface area contributed by atoms with Gasteiger partial charge in [0, 0.05) is 0 Å². The molecule has 0 bridgehead atoms. The fourth-order valence-electron chi connectivity index (χ4n) is 1.18. The Bertz CT molecular complexity index is 467. The van der Waals surface area contributed by atoms with E-state index in [2.05, 4.69) is 9.62 Å². The molecule has 1 aliphatic heterocycles. The van der Waals surface area contributed by atoms with Gasteiger partial charge in [0.15, 0.2) is 5.75 Å². The number of fused-ring (bicyclic) bond motifs is 1. The second-order valence-corrected chi connectivity index (χ2v) is 3.05. The van der Waals surface area contributed by atoms with Crippen molar-refractivity contribution in [3.8, 4) is 5.75 Å². The number of aliphatic hydroxyl groups is 4. The number of rotatable bonds is 1. The van der Waals surface area contributed by atoms with Gasteiger partial charge in [-0.1, -0.05) is 6.07 Å². The summed E-state index contributed by atoms with van der Waals surface area (Å²) in [6.45, 7) is 0. The lowest BCUT2D eigenvalue weighted by Gasteiger charge is -1.99. The fourth-order valence-corrected chi connectivity index (χ4v) is 1.18. The van der Waals surface area contributed by atoms with Crippen LogP contribution in [0.25, 0.3) is 0 Å². The number of esters is 2. The molecule has 1 aromatic rings. The molecule has 98 valence electrons. The molecule has 0 spiro atoms. The van der Waals surface area contributed by atoms with E-state index in [1.807, 2.05) is 0 Å². The van der Waals surface area contributed by atoms with Gasteiger partial charge >= 0.3 is 18.1 Å². The number of hydrogen-bond acceptors (Lipinski definition) is 9. The van der Waals surface area contributed by atoms with Crippen molar-refractivity contribution in [2.45, 2.75) is 6.16 Å². The Hall–Kier alpha value is -2.04. The number of hydrogen-bond donors (Lipinski definition) is 5. The standard InChI is InChI=1S/C8H4O5.CH4O4/c9-7-4-2-1-3-5(13-11)6(4)8(10)12-7;2-1(3,4)5/h1-3,11H;2-5H. The monoisotopic (exact) mass is 260 g/mol. The van der Waals surface area contributed by atoms with Gasteiger partial charge in [-0.15, -0.1) is 0 Å². The maximum atomic E-state index is 11.0. The second-order valence-electron chi connectivity index (χ2n) is 3.05. The van der Waals surface area contributed by atoms with Crippen molar-refractivity contribution in [2.75, 3.05) is 0 Å². The highest BCUT2D eigenvalue weighted by atomic mass is 17.1. The zero-order valence-corrected chi connectivity index (χ0v) is 8.60. The Morgan fingerprint density at radius 3 is 2.11 bits per heavy atom. The highest BCUT2D eigenvalue weighted by Gasteiger charge is 2.33. The predicted molar refractivity (Wildman–Crippen MR) is 51.1 cm³/mol. The number of cyclic esters (lactones) is 2. The molecule has 0 amide bonds. The van der Waals surface area contributed by atoms with Crippen LogP contribution in [0.4, 0.5) is 0 Å². The third-order valence-electron chi connectivity index (χ3n) is 1.73. The van der Waals surface area contributed by atoms with Crippen LogP contribution in [0.3, 0.4) is 0 Å². The minimum Gasteiger partial charge on any atom is -0.386 e. The zero-order valence-electron chi connectivity index (χ0n) is 8.60. The van der Waals surface area contributed by atoms with Gasteiger partial charge in [-0.2, -0.15) is 0 Å². The van der Waals surface area contributed by atoms with Crippen molar-refractivity contribution in [1.29, 1.82) is 0 Å². The Balaban J connectivity index is 0.000000280. The van der Waals surface area contributed by atoms with Crippen LogP contribution in [0.15, 0.2) is 18.2 Å². The minimum atomic E-state index is -3.50. The Kier molecular flexibility index (Phi) is 3.96. The van der Waals surface area contributed by atoms with Gasteiger partial charge in [0.05, 0.1) is 5.56 Å². The summed E-state index contributed by atoms with van der Waals surface area (Å²) in [5.74, 6) is -1.60. The topological polar surface area (TPSA) is 154 Å². The normalized spacial score (nSPS) is 13.4. The molecular weight excluding hydrogens is 252 g/mol. The van der Waals surface area contributed by atoms with Crippen LogP contribution in [-0.2, 0) is 4.74 Å². The molecule has 0 unspecified atom stereocenters. The lowest BCUT2D eigenvalue weighted by molar-refractivity contribution is -0.436. The van der Waals surface area contributed by atoms with Crippen molar-refractivity contribution < 1.29 is 44.9 Å². The molecule has 0 atom stereocenters. The van der Waals surface area contributed by atoms with Gasteiger partial charge in [-0.25, -0.2) is 14.8 Å². The SMILES string of the molecule is O=C1OC(=O)c2c(OO)cccc21.OC(O)(O)O. The van der Waals surface area contributed by atoms with E-state index in [1.54, 1.807) is 0 Å². The van der Waals surface area contributed by atoms with Crippen LogP contribution in [-0.4, -0.2) is 43.8 Å². The molecule has 9 heteroatoms. The number of benzene rings is 1. The van der Waals surface area contributed by atoms with Crippen molar-refractivity contribution >= 4 is 11.9 Å². The molecule has 1 aliphatic rings. The summed E-state index contributed by atoms with van der Waals surface area (Å²) in [6, 6.07) is 4.26. The molecule has 0 aromatic heterocycles. The lowest BCUT2D eigenvalue weighted by Crippen LogP contribution is -2.25. The highest BCUT2D eigenvalue weighted by molar-refractivity contribution is 6.16. The van der Waals surface area contributed by atoms with Gasteiger partial charge in [0.1, 0.15) is 5.56 Å². The minimum absolute atomic E-state index is 0.0324. The van der Waals surface area contributed by atoms with Crippen molar-refractivity contribution in [3.05, 3.63) is 29.3 Å². The van der Waals surface area contributed by atoms with Gasteiger partial charge < -0.3 is 30.1 Å². The van der Waals surface area contributed by atoms with Crippen molar-refractivity contribution in [3.63, 3.8) is 0 Å². The molecule has 2 rings (SSSR count). The Morgan fingerprint density at radius 1 is 1.06 bits per heavy atom. The van der Waals surface area contributed by atoms with E-state index >= 15 is 0 Å². The molecule has 0 aliphatic carbocycles. The van der Waals surface area contributed by atoms with E-state index in [1.165, 1.54) is 18.2 Å². The first-order valence-corrected chi connectivity index (χ1v) is 4.34. The van der Waals surface area contributed by atoms with Crippen LogP contribution < -0.4 is 4.89 Å². The number of ether oxygens (including phenoxy) is 1. The van der Waals surface area contributed by atoms with Gasteiger partial charge in [0.2, 0.25) is 0 Å². The Morgan fingerprint density at radius 2 is 1.61 bits per heavy atom. The fraction of sp³-hybridized carbons (Fsp3) is 0.111. The van der Waals surface area contributed by atoms with Gasteiger partial charge in [-0.3, -0.25) is 0 Å². The molecular formula is C9H8O9. The first kappa shape index (κ1) is 14.0. The molecule has 0 radical (unpaired) electrons. The summed E-state index contributed by atoms with van der Waals surface area (Å²) in [6.07, 6.45) is -3.50. The third-order valence-corrected chi connectivity index (χ3v) is 1.73. The average molecular weight is 260 g/mol. The maximum absolute atomic E-state index is 11.0. The second kappa shape index (κ2) is 5.08. The third kappa shape index (κ3) is 3.48. The van der Waals surface area contributed by atoms with E-state index < -0.39 is 18.1 Å². The smallest absolute Gasteiger partial charge is 0.386 e. The van der Waals surface area contributed by atoms with Crippen LogP contribution >= 0.6 is 0 Å². The van der Waals surface area contributed by atoms with Crippen LogP contribution in [0, 0.1) is 0 Å². The van der Waals surface area contributed by atoms with Gasteiger partial charge in [-0.05, 0) is 12.1 Å².